The van der Waals surface area contributed by atoms with Crippen LogP contribution in [0.25, 0.3) is 0 Å². The molecule has 2 N–H and O–H groups in total. The summed E-state index contributed by atoms with van der Waals surface area (Å²) in [6.45, 7) is 3.22. The Bertz CT molecular complexity index is 294. The lowest BCUT2D eigenvalue weighted by Gasteiger charge is -2.42. The van der Waals surface area contributed by atoms with E-state index in [1.165, 1.54) is 7.11 Å². The molecule has 0 spiro atoms. The summed E-state index contributed by atoms with van der Waals surface area (Å²) in [6.07, 6.45) is 2.33. The van der Waals surface area contributed by atoms with Crippen molar-refractivity contribution in [2.45, 2.75) is 37.5 Å². The topological polar surface area (TPSA) is 71.0 Å². The predicted octanol–water partition coefficient (Wildman–Crippen LogP) is -0.637. The van der Waals surface area contributed by atoms with Gasteiger partial charge in [0.25, 0.3) is 0 Å². The molecule has 1 amide bonds. The van der Waals surface area contributed by atoms with Gasteiger partial charge in [0.15, 0.2) is 0 Å². The van der Waals surface area contributed by atoms with Crippen molar-refractivity contribution >= 4 is 5.91 Å². The molecule has 2 rings (SSSR count). The van der Waals surface area contributed by atoms with Gasteiger partial charge in [0.1, 0.15) is 6.61 Å². The van der Waals surface area contributed by atoms with Gasteiger partial charge in [0.2, 0.25) is 5.91 Å². The van der Waals surface area contributed by atoms with E-state index in [2.05, 4.69) is 10.2 Å². The summed E-state index contributed by atoms with van der Waals surface area (Å²) >= 11 is 0. The van der Waals surface area contributed by atoms with E-state index < -0.39 is 6.10 Å². The number of carbonyl (C=O) groups excluding carboxylic acids is 1. The van der Waals surface area contributed by atoms with Crippen molar-refractivity contribution in [1.29, 1.82) is 0 Å². The first-order valence-corrected chi connectivity index (χ1v) is 7.00. The third kappa shape index (κ3) is 3.89. The van der Waals surface area contributed by atoms with Crippen LogP contribution in [-0.4, -0.2) is 74.1 Å². The number of carbonyl (C=O) groups is 1. The zero-order valence-corrected chi connectivity index (χ0v) is 11.5. The van der Waals surface area contributed by atoms with Gasteiger partial charge in [-0.3, -0.25) is 9.69 Å². The van der Waals surface area contributed by atoms with E-state index in [1.807, 2.05) is 0 Å². The number of aliphatic hydroxyl groups excluding tert-OH is 1. The number of ether oxygens (including phenoxy) is 2. The van der Waals surface area contributed by atoms with E-state index in [9.17, 15) is 9.90 Å². The van der Waals surface area contributed by atoms with Crippen LogP contribution in [0.5, 0.6) is 0 Å². The molecule has 0 aromatic rings. The number of hydrogen-bond donors (Lipinski definition) is 2. The molecule has 0 aromatic carbocycles. The van der Waals surface area contributed by atoms with Crippen LogP contribution in [0.1, 0.15) is 19.3 Å². The van der Waals surface area contributed by atoms with Crippen molar-refractivity contribution in [2.75, 3.05) is 40.0 Å². The van der Waals surface area contributed by atoms with E-state index in [0.29, 0.717) is 0 Å². The molecule has 0 radical (unpaired) electrons. The molecule has 6 nitrogen and oxygen atoms in total. The van der Waals surface area contributed by atoms with Crippen LogP contribution in [0.2, 0.25) is 0 Å². The maximum absolute atomic E-state index is 11.6. The SMILES string of the molecule is COCC(=O)N[C@@H]1CCC[C@@H](N2CCOCC2)[C@@H]1O. The molecule has 0 unspecified atom stereocenters. The average Bonchev–Trinajstić information content (AvgIpc) is 2.42. The molecule has 2 fully saturated rings. The van der Waals surface area contributed by atoms with E-state index in [0.717, 1.165) is 45.6 Å². The predicted molar refractivity (Wildman–Crippen MR) is 69.8 cm³/mol. The largest absolute Gasteiger partial charge is 0.389 e. The lowest BCUT2D eigenvalue weighted by molar-refractivity contribution is -0.127. The van der Waals surface area contributed by atoms with Crippen molar-refractivity contribution in [2.24, 2.45) is 0 Å². The van der Waals surface area contributed by atoms with Crippen molar-refractivity contribution in [3.63, 3.8) is 0 Å². The highest BCUT2D eigenvalue weighted by Crippen LogP contribution is 2.24. The van der Waals surface area contributed by atoms with Gasteiger partial charge in [0.05, 0.1) is 25.4 Å². The quantitative estimate of drug-likeness (QED) is 0.712. The normalized spacial score (nSPS) is 33.1. The minimum Gasteiger partial charge on any atom is -0.389 e. The number of morpholine rings is 1. The number of methoxy groups -OCH3 is 1. The summed E-state index contributed by atoms with van der Waals surface area (Å²) in [7, 11) is 1.49. The summed E-state index contributed by atoms with van der Waals surface area (Å²) < 4.78 is 10.1. The van der Waals surface area contributed by atoms with Gasteiger partial charge in [0, 0.05) is 26.2 Å². The number of aliphatic hydroxyl groups is 1. The Morgan fingerprint density at radius 1 is 1.42 bits per heavy atom. The lowest BCUT2D eigenvalue weighted by atomic mass is 9.87. The zero-order valence-electron chi connectivity index (χ0n) is 11.5. The van der Waals surface area contributed by atoms with Crippen LogP contribution < -0.4 is 5.32 Å². The number of amides is 1. The fourth-order valence-corrected chi connectivity index (χ4v) is 3.00. The van der Waals surface area contributed by atoms with E-state index in [4.69, 9.17) is 9.47 Å². The first-order valence-electron chi connectivity index (χ1n) is 7.00. The summed E-state index contributed by atoms with van der Waals surface area (Å²) in [6, 6.07) is -0.0326. The molecule has 1 saturated carbocycles. The molecule has 0 aromatic heterocycles. The smallest absolute Gasteiger partial charge is 0.246 e. The van der Waals surface area contributed by atoms with Crippen molar-refractivity contribution < 1.29 is 19.4 Å². The number of nitrogens with zero attached hydrogens (tertiary/aromatic N) is 1. The number of nitrogens with one attached hydrogen (secondary N) is 1. The fourth-order valence-electron chi connectivity index (χ4n) is 3.00. The van der Waals surface area contributed by atoms with Gasteiger partial charge >= 0.3 is 0 Å². The number of rotatable bonds is 4. The molecule has 0 bridgehead atoms. The maximum Gasteiger partial charge on any atom is 0.246 e. The average molecular weight is 272 g/mol. The highest BCUT2D eigenvalue weighted by molar-refractivity contribution is 5.77. The molecule has 6 heteroatoms. The standard InChI is InChI=1S/C13H24N2O4/c1-18-9-12(16)14-10-3-2-4-11(13(10)17)15-5-7-19-8-6-15/h10-11,13,17H,2-9H2,1H3,(H,14,16)/t10-,11-,13-/m1/s1. The minimum atomic E-state index is -0.507. The molecule has 2 aliphatic rings. The molecule has 1 heterocycles. The summed E-state index contributed by atoms with van der Waals surface area (Å²) in [4.78, 5) is 13.8. The molecule has 19 heavy (non-hydrogen) atoms. The highest BCUT2D eigenvalue weighted by atomic mass is 16.5. The van der Waals surface area contributed by atoms with Gasteiger partial charge < -0.3 is 19.9 Å². The Labute approximate surface area is 114 Å². The van der Waals surface area contributed by atoms with E-state index >= 15 is 0 Å². The molecule has 110 valence electrons. The van der Waals surface area contributed by atoms with Crippen LogP contribution in [-0.2, 0) is 14.3 Å². The second-order valence-electron chi connectivity index (χ2n) is 5.24. The van der Waals surface area contributed by atoms with Gasteiger partial charge in [-0.1, -0.05) is 0 Å². The summed E-state index contributed by atoms with van der Waals surface area (Å²) in [5, 5.41) is 13.3. The van der Waals surface area contributed by atoms with Gasteiger partial charge in [-0.05, 0) is 19.3 Å². The monoisotopic (exact) mass is 272 g/mol. The first kappa shape index (κ1) is 14.7. The van der Waals surface area contributed by atoms with E-state index in [1.54, 1.807) is 0 Å². The number of hydrogen-bond acceptors (Lipinski definition) is 5. The Morgan fingerprint density at radius 3 is 2.84 bits per heavy atom. The maximum atomic E-state index is 11.6. The molecular formula is C13H24N2O4. The van der Waals surface area contributed by atoms with Gasteiger partial charge in [-0.2, -0.15) is 0 Å². The highest BCUT2D eigenvalue weighted by Gasteiger charge is 2.36. The Kier molecular flexibility index (Phi) is 5.57. The second-order valence-corrected chi connectivity index (χ2v) is 5.24. The van der Waals surface area contributed by atoms with Crippen molar-refractivity contribution in [3.05, 3.63) is 0 Å². The Morgan fingerprint density at radius 2 is 2.16 bits per heavy atom. The van der Waals surface area contributed by atoms with Gasteiger partial charge in [-0.15, -0.1) is 0 Å². The zero-order chi connectivity index (χ0) is 13.7. The summed E-state index contributed by atoms with van der Waals surface area (Å²) in [5.41, 5.74) is 0. The van der Waals surface area contributed by atoms with Crippen molar-refractivity contribution in [3.8, 4) is 0 Å². The molecule has 3 atom stereocenters. The molecule has 1 aliphatic heterocycles. The van der Waals surface area contributed by atoms with Crippen LogP contribution in [0.3, 0.4) is 0 Å². The van der Waals surface area contributed by atoms with Crippen molar-refractivity contribution in [1.82, 2.24) is 10.2 Å². The Balaban J connectivity index is 1.89. The van der Waals surface area contributed by atoms with Crippen LogP contribution in [0, 0.1) is 0 Å². The van der Waals surface area contributed by atoms with E-state index in [-0.39, 0.29) is 24.6 Å². The molecule has 1 aliphatic carbocycles. The second kappa shape index (κ2) is 7.19. The molecular weight excluding hydrogens is 248 g/mol. The molecule has 1 saturated heterocycles. The van der Waals surface area contributed by atoms with Crippen LogP contribution >= 0.6 is 0 Å². The van der Waals surface area contributed by atoms with Crippen LogP contribution in [0.15, 0.2) is 0 Å². The fraction of sp³-hybridized carbons (Fsp3) is 0.923. The lowest BCUT2D eigenvalue weighted by Crippen LogP contribution is -2.58. The third-order valence-electron chi connectivity index (χ3n) is 3.96. The summed E-state index contributed by atoms with van der Waals surface area (Å²) in [5.74, 6) is -0.158. The van der Waals surface area contributed by atoms with Crippen LogP contribution in [0.4, 0.5) is 0 Å². The minimum absolute atomic E-state index is 0.0471. The first-order chi connectivity index (χ1) is 9.22. The third-order valence-corrected chi connectivity index (χ3v) is 3.96. The Hall–Kier alpha value is -0.690. The van der Waals surface area contributed by atoms with Gasteiger partial charge in [-0.25, -0.2) is 0 Å².